The molecule has 2 atom stereocenters. The first-order valence-electron chi connectivity index (χ1n) is 7.02. The molecule has 0 unspecified atom stereocenters. The van der Waals surface area contributed by atoms with Crippen LogP contribution in [0, 0.1) is 0 Å². The van der Waals surface area contributed by atoms with Crippen molar-refractivity contribution < 1.29 is 9.53 Å². The molecule has 2 rings (SSSR count). The number of amides is 2. The third-order valence-electron chi connectivity index (χ3n) is 3.65. The minimum atomic E-state index is 0.0631. The maximum absolute atomic E-state index is 11.9. The number of urea groups is 1. The molecule has 18 heavy (non-hydrogen) atoms. The number of nitrogens with zero attached hydrogens (tertiary/aromatic N) is 2. The van der Waals surface area contributed by atoms with Crippen LogP contribution in [0.25, 0.3) is 0 Å². The van der Waals surface area contributed by atoms with Crippen molar-refractivity contribution in [2.45, 2.75) is 45.4 Å². The highest BCUT2D eigenvalue weighted by atomic mass is 16.5. The van der Waals surface area contributed by atoms with Crippen LogP contribution in [0.2, 0.25) is 0 Å². The molecule has 2 bridgehead atoms. The van der Waals surface area contributed by atoms with Crippen LogP contribution in [0.5, 0.6) is 0 Å². The second-order valence-corrected chi connectivity index (χ2v) is 5.56. The largest absolute Gasteiger partial charge is 0.369 e. The monoisotopic (exact) mass is 255 g/mol. The molecule has 2 aliphatic rings. The fourth-order valence-corrected chi connectivity index (χ4v) is 2.65. The molecule has 104 valence electrons. The summed E-state index contributed by atoms with van der Waals surface area (Å²) in [6.45, 7) is 10.6. The number of carbonyl (C=O) groups excluding carboxylic acids is 1. The Hall–Kier alpha value is -0.810. The van der Waals surface area contributed by atoms with Crippen molar-refractivity contribution in [2.75, 3.05) is 32.7 Å². The fourth-order valence-electron chi connectivity index (χ4n) is 2.65. The van der Waals surface area contributed by atoms with Gasteiger partial charge in [0.15, 0.2) is 0 Å². The number of rotatable bonds is 3. The number of hydrogen-bond acceptors (Lipinski definition) is 3. The maximum atomic E-state index is 11.9. The van der Waals surface area contributed by atoms with E-state index < -0.39 is 0 Å². The van der Waals surface area contributed by atoms with E-state index in [0.29, 0.717) is 6.04 Å². The molecule has 0 aromatic rings. The first kappa shape index (κ1) is 13.6. The highest BCUT2D eigenvalue weighted by molar-refractivity contribution is 5.74. The molecule has 0 aromatic carbocycles. The Morgan fingerprint density at radius 1 is 1.28 bits per heavy atom. The summed E-state index contributed by atoms with van der Waals surface area (Å²) in [5, 5.41) is 2.94. The molecule has 0 spiro atoms. The number of nitrogens with one attached hydrogen (secondary N) is 1. The van der Waals surface area contributed by atoms with Crippen molar-refractivity contribution in [3.05, 3.63) is 0 Å². The lowest BCUT2D eigenvalue weighted by Gasteiger charge is -2.46. The molecule has 2 fully saturated rings. The van der Waals surface area contributed by atoms with Crippen LogP contribution in [0.4, 0.5) is 4.79 Å². The Kier molecular flexibility index (Phi) is 4.45. The lowest BCUT2D eigenvalue weighted by Crippen LogP contribution is -2.62. The van der Waals surface area contributed by atoms with Crippen LogP contribution in [-0.2, 0) is 4.74 Å². The fraction of sp³-hybridized carbons (Fsp3) is 0.923. The van der Waals surface area contributed by atoms with Crippen LogP contribution >= 0.6 is 0 Å². The molecule has 0 radical (unpaired) electrons. The molecule has 2 amide bonds. The van der Waals surface area contributed by atoms with Gasteiger partial charge in [0.05, 0.1) is 12.2 Å². The van der Waals surface area contributed by atoms with Crippen molar-refractivity contribution in [2.24, 2.45) is 0 Å². The van der Waals surface area contributed by atoms with E-state index in [1.807, 2.05) is 4.90 Å². The summed E-state index contributed by atoms with van der Waals surface area (Å²) in [5.74, 6) is 0. The number of fused-ring (bicyclic) bond motifs is 2. The van der Waals surface area contributed by atoms with Gasteiger partial charge in [-0.1, -0.05) is 6.92 Å². The maximum Gasteiger partial charge on any atom is 0.317 e. The van der Waals surface area contributed by atoms with Crippen molar-refractivity contribution in [1.82, 2.24) is 15.1 Å². The Balaban J connectivity index is 1.88. The average Bonchev–Trinajstić information content (AvgIpc) is 2.34. The summed E-state index contributed by atoms with van der Waals surface area (Å²) in [4.78, 5) is 16.3. The molecule has 5 heteroatoms. The second kappa shape index (κ2) is 5.89. The van der Waals surface area contributed by atoms with E-state index in [1.54, 1.807) is 0 Å². The molecular formula is C13H25N3O2. The SMILES string of the molecule is CCCNC(=O)N1C[C@@H]2CN(C(C)C)C[C@H](C1)O2. The van der Waals surface area contributed by atoms with Gasteiger partial charge >= 0.3 is 6.03 Å². The van der Waals surface area contributed by atoms with Crippen LogP contribution in [0.1, 0.15) is 27.2 Å². The first-order valence-corrected chi connectivity index (χ1v) is 7.02. The lowest BCUT2D eigenvalue weighted by atomic mass is 10.1. The zero-order valence-electron chi connectivity index (χ0n) is 11.7. The zero-order valence-corrected chi connectivity index (χ0v) is 11.7. The molecule has 0 saturated carbocycles. The molecule has 2 aliphatic heterocycles. The quantitative estimate of drug-likeness (QED) is 0.815. The van der Waals surface area contributed by atoms with Gasteiger partial charge in [0.1, 0.15) is 0 Å². The second-order valence-electron chi connectivity index (χ2n) is 5.56. The summed E-state index contributed by atoms with van der Waals surface area (Å²) < 4.78 is 5.92. The molecule has 0 aliphatic carbocycles. The van der Waals surface area contributed by atoms with Crippen LogP contribution in [0.15, 0.2) is 0 Å². The highest BCUT2D eigenvalue weighted by Crippen LogP contribution is 2.20. The van der Waals surface area contributed by atoms with E-state index in [-0.39, 0.29) is 18.2 Å². The van der Waals surface area contributed by atoms with E-state index in [0.717, 1.165) is 39.1 Å². The standard InChI is InChI=1S/C13H25N3O2/c1-4-5-14-13(17)16-8-11-6-15(10(2)3)7-12(9-16)18-11/h10-12H,4-9H2,1-3H3,(H,14,17)/t11-,12+. The Bertz CT molecular complexity index is 282. The van der Waals surface area contributed by atoms with Gasteiger partial charge in [0, 0.05) is 38.8 Å². The number of morpholine rings is 2. The zero-order chi connectivity index (χ0) is 13.1. The smallest absolute Gasteiger partial charge is 0.317 e. The van der Waals surface area contributed by atoms with Gasteiger partial charge in [-0.05, 0) is 20.3 Å². The number of ether oxygens (including phenoxy) is 1. The normalized spacial score (nSPS) is 28.6. The summed E-state index contributed by atoms with van der Waals surface area (Å²) >= 11 is 0. The molecule has 5 nitrogen and oxygen atoms in total. The molecule has 0 aromatic heterocycles. The van der Waals surface area contributed by atoms with Crippen molar-refractivity contribution in [3.63, 3.8) is 0 Å². The van der Waals surface area contributed by atoms with Crippen LogP contribution < -0.4 is 5.32 Å². The summed E-state index contributed by atoms with van der Waals surface area (Å²) in [7, 11) is 0. The lowest BCUT2D eigenvalue weighted by molar-refractivity contribution is -0.134. The van der Waals surface area contributed by atoms with Gasteiger partial charge in [-0.25, -0.2) is 4.79 Å². The molecule has 1 N–H and O–H groups in total. The van der Waals surface area contributed by atoms with E-state index >= 15 is 0 Å². The van der Waals surface area contributed by atoms with Gasteiger partial charge < -0.3 is 15.0 Å². The van der Waals surface area contributed by atoms with Gasteiger partial charge in [-0.3, -0.25) is 4.90 Å². The van der Waals surface area contributed by atoms with Crippen LogP contribution in [0.3, 0.4) is 0 Å². The third-order valence-corrected chi connectivity index (χ3v) is 3.65. The average molecular weight is 255 g/mol. The minimum Gasteiger partial charge on any atom is -0.369 e. The van der Waals surface area contributed by atoms with Gasteiger partial charge in [0.2, 0.25) is 0 Å². The highest BCUT2D eigenvalue weighted by Gasteiger charge is 2.37. The first-order chi connectivity index (χ1) is 8.60. The van der Waals surface area contributed by atoms with Crippen molar-refractivity contribution >= 4 is 6.03 Å². The summed E-state index contributed by atoms with van der Waals surface area (Å²) in [5.41, 5.74) is 0. The van der Waals surface area contributed by atoms with E-state index in [4.69, 9.17) is 4.74 Å². The predicted molar refractivity (Wildman–Crippen MR) is 70.6 cm³/mol. The van der Waals surface area contributed by atoms with Crippen molar-refractivity contribution in [1.29, 1.82) is 0 Å². The Labute approximate surface area is 109 Å². The van der Waals surface area contributed by atoms with Crippen LogP contribution in [-0.4, -0.2) is 66.8 Å². The summed E-state index contributed by atoms with van der Waals surface area (Å²) in [6.07, 6.45) is 1.32. The van der Waals surface area contributed by atoms with E-state index in [2.05, 4.69) is 31.0 Å². The van der Waals surface area contributed by atoms with E-state index in [9.17, 15) is 4.79 Å². The van der Waals surface area contributed by atoms with Gasteiger partial charge in [-0.15, -0.1) is 0 Å². The minimum absolute atomic E-state index is 0.0631. The number of hydrogen-bond donors (Lipinski definition) is 1. The molecule has 2 heterocycles. The predicted octanol–water partition coefficient (Wildman–Crippen LogP) is 0.899. The van der Waals surface area contributed by atoms with Gasteiger partial charge in [-0.2, -0.15) is 0 Å². The van der Waals surface area contributed by atoms with E-state index in [1.165, 1.54) is 0 Å². The third kappa shape index (κ3) is 3.14. The summed E-state index contributed by atoms with van der Waals surface area (Å²) in [6, 6.07) is 0.618. The Morgan fingerprint density at radius 2 is 1.89 bits per heavy atom. The van der Waals surface area contributed by atoms with Crippen molar-refractivity contribution in [3.8, 4) is 0 Å². The Morgan fingerprint density at radius 3 is 2.39 bits per heavy atom. The number of carbonyl (C=O) groups is 1. The molecular weight excluding hydrogens is 230 g/mol. The van der Waals surface area contributed by atoms with Gasteiger partial charge in [0.25, 0.3) is 0 Å². The molecule has 2 saturated heterocycles. The topological polar surface area (TPSA) is 44.8 Å².